The number of benzene rings is 6. The maximum Gasteiger partial charge on any atom is 2.00 e. The normalized spacial score (nSPS) is 14.0. The number of rotatable bonds is 22. The van der Waals surface area contributed by atoms with Gasteiger partial charge in [-0.2, -0.15) is 0 Å². The molecule has 25 heteroatoms. The number of nitrogens with zero attached hydrogens (tertiary/aromatic N) is 7. The van der Waals surface area contributed by atoms with Crippen LogP contribution in [0.15, 0.2) is 165 Å². The average Bonchev–Trinajstić information content (AvgIpc) is 1.09. The van der Waals surface area contributed by atoms with Gasteiger partial charge >= 0.3 is 40.9 Å². The third kappa shape index (κ3) is 30.2. The molecule has 6 aliphatic rings. The molecule has 4 aliphatic heterocycles. The van der Waals surface area contributed by atoms with Crippen molar-refractivity contribution >= 4 is 132 Å². The molecule has 0 aromatic heterocycles. The van der Waals surface area contributed by atoms with E-state index in [9.17, 15) is 38.4 Å². The van der Waals surface area contributed by atoms with Crippen molar-refractivity contribution < 1.29 is 75.3 Å². The molecule has 0 spiro atoms. The molecule has 5 N–H and O–H groups in total. The molecule has 4 heterocycles. The van der Waals surface area contributed by atoms with E-state index in [1.807, 2.05) is 83.2 Å². The fourth-order valence-corrected chi connectivity index (χ4v) is 13.7. The number of fused-ring (bicyclic) bond motifs is 4. The van der Waals surface area contributed by atoms with Crippen molar-refractivity contribution in [1.29, 1.82) is 0 Å². The number of nitrogens with two attached hydrogens (primary N) is 1. The van der Waals surface area contributed by atoms with E-state index in [0.29, 0.717) is 23.0 Å². The summed E-state index contributed by atoms with van der Waals surface area (Å²) in [4.78, 5) is 114. The van der Waals surface area contributed by atoms with Gasteiger partial charge in [-0.05, 0) is 148 Å². The van der Waals surface area contributed by atoms with Gasteiger partial charge in [-0.25, -0.2) is 9.59 Å². The summed E-state index contributed by atoms with van der Waals surface area (Å²) in [5, 5.41) is 22.3. The summed E-state index contributed by atoms with van der Waals surface area (Å²) in [7, 11) is 12.0. The van der Waals surface area contributed by atoms with Gasteiger partial charge in [0.25, 0.3) is 23.6 Å². The Morgan fingerprint density at radius 3 is 1.15 bits per heavy atom. The van der Waals surface area contributed by atoms with Crippen molar-refractivity contribution in [1.82, 2.24) is 10.1 Å². The number of carboxylic acids is 2. The van der Waals surface area contributed by atoms with Gasteiger partial charge in [0.05, 0.1) is 22.7 Å². The number of alkyl halides is 1. The van der Waals surface area contributed by atoms with E-state index >= 15 is 0 Å². The van der Waals surface area contributed by atoms with E-state index in [1.165, 1.54) is 106 Å². The van der Waals surface area contributed by atoms with Crippen molar-refractivity contribution in [2.45, 2.75) is 154 Å². The van der Waals surface area contributed by atoms with E-state index < -0.39 is 47.5 Å². The number of anilines is 8. The van der Waals surface area contributed by atoms with E-state index in [2.05, 4.69) is 172 Å². The number of para-hydroxylation sites is 4. The first-order valence-electron chi connectivity index (χ1n) is 34.7. The quantitative estimate of drug-likeness (QED) is 0.0213. The van der Waals surface area contributed by atoms with Crippen molar-refractivity contribution in [2.75, 3.05) is 104 Å². The van der Waals surface area contributed by atoms with Crippen LogP contribution in [0.4, 0.5) is 45.5 Å². The number of hydrogen-bond acceptors (Lipinski definition) is 19. The van der Waals surface area contributed by atoms with Crippen LogP contribution in [0.3, 0.4) is 0 Å². The largest absolute Gasteiger partial charge is 2.00 e. The van der Waals surface area contributed by atoms with Gasteiger partial charge in [0.1, 0.15) is 0 Å². The van der Waals surface area contributed by atoms with Gasteiger partial charge in [-0.3, -0.25) is 28.8 Å². The average molecular weight is 1570 g/mol. The fraction of sp³-hybridized carbons (Fsp3) is 0.418. The van der Waals surface area contributed by atoms with Crippen molar-refractivity contribution in [3.8, 4) is 0 Å². The van der Waals surface area contributed by atoms with Crippen LogP contribution in [0.1, 0.15) is 135 Å². The van der Waals surface area contributed by atoms with E-state index in [0.717, 1.165) is 60.9 Å². The van der Waals surface area contributed by atoms with Gasteiger partial charge in [0, 0.05) is 161 Å². The van der Waals surface area contributed by atoms with E-state index in [-0.39, 0.29) is 89.7 Å². The number of nitrogens with one attached hydrogen (secondary N) is 1. The molecule has 0 radical (unpaired) electrons. The zero-order valence-corrected chi connectivity index (χ0v) is 65.9. The molecule has 104 heavy (non-hydrogen) atoms. The minimum absolute atomic E-state index is 0. The number of carbonyl (C=O) groups is 8. The molecular formula is C79H106BrFeN9O12S2. The molecule has 0 atom stereocenters. The summed E-state index contributed by atoms with van der Waals surface area (Å²) in [6, 6.07) is 50.4. The van der Waals surface area contributed by atoms with Crippen molar-refractivity contribution in [2.24, 2.45) is 11.7 Å². The molecule has 2 aliphatic carbocycles. The first-order valence-corrected chi connectivity index (χ1v) is 37.5. The smallest absolute Gasteiger partial charge is 0.481 e. The number of hydrogen-bond donors (Lipinski definition) is 4. The molecule has 6 aromatic rings. The van der Waals surface area contributed by atoms with Crippen LogP contribution < -0.4 is 35.6 Å². The molecular weight excluding hydrogens is 1470 g/mol. The molecule has 4 amide bonds. The minimum atomic E-state index is -0.838. The minimum Gasteiger partial charge on any atom is -0.481 e. The molecule has 2 saturated carbocycles. The van der Waals surface area contributed by atoms with Crippen LogP contribution >= 0.6 is 39.5 Å². The number of amides is 4. The number of hydroxylamine groups is 4. The van der Waals surface area contributed by atoms with Crippen molar-refractivity contribution in [3.63, 3.8) is 0 Å². The Labute approximate surface area is 643 Å². The summed E-state index contributed by atoms with van der Waals surface area (Å²) in [6.07, 6.45) is 15.5. The van der Waals surface area contributed by atoms with Crippen LogP contribution in [-0.2, 0) is 65.1 Å². The topological polar surface area (TPSA) is 256 Å². The number of imide groups is 2. The summed E-state index contributed by atoms with van der Waals surface area (Å²) in [5.74, 6) is -4.63. The first-order chi connectivity index (χ1) is 48.7. The molecule has 0 unspecified atom stereocenters. The van der Waals surface area contributed by atoms with Crippen molar-refractivity contribution in [3.05, 3.63) is 160 Å². The molecule has 6 aromatic carbocycles. The second kappa shape index (κ2) is 48.9. The summed E-state index contributed by atoms with van der Waals surface area (Å²) < 4.78 is 0. The van der Waals surface area contributed by atoms with Gasteiger partial charge in [-0.1, -0.05) is 133 Å². The predicted octanol–water partition coefficient (Wildman–Crippen LogP) is 16.4. The zero-order chi connectivity index (χ0) is 73.1. The van der Waals surface area contributed by atoms with Crippen LogP contribution in [-0.4, -0.2) is 142 Å². The van der Waals surface area contributed by atoms with Gasteiger partial charge in [0.15, 0.2) is 0 Å². The zero-order valence-electron chi connectivity index (χ0n) is 61.6. The van der Waals surface area contributed by atoms with E-state index in [4.69, 9.17) is 15.9 Å². The summed E-state index contributed by atoms with van der Waals surface area (Å²) in [5.41, 5.74) is 15.1. The molecule has 566 valence electrons. The maximum absolute atomic E-state index is 11.5. The van der Waals surface area contributed by atoms with Crippen LogP contribution in [0.25, 0.3) is 0 Å². The Kier molecular flexibility index (Phi) is 42.4. The number of halogens is 1. The monoisotopic (exact) mass is 1570 g/mol. The summed E-state index contributed by atoms with van der Waals surface area (Å²) >= 11 is 7.16. The van der Waals surface area contributed by atoms with Gasteiger partial charge in [-0.15, -0.1) is 10.1 Å². The summed E-state index contributed by atoms with van der Waals surface area (Å²) in [6.45, 7) is 3.45. The molecule has 12 rings (SSSR count). The molecule has 0 bridgehead atoms. The maximum atomic E-state index is 11.5. The third-order valence-corrected chi connectivity index (χ3v) is 19.8. The number of carbonyl (C=O) groups excluding carboxylic acids is 6. The third-order valence-electron chi connectivity index (χ3n) is 16.9. The Balaban J connectivity index is 0.000000325. The van der Waals surface area contributed by atoms with Crippen LogP contribution in [0, 0.1) is 20.8 Å². The second-order valence-corrected chi connectivity index (χ2v) is 28.0. The molecule has 21 nitrogen and oxygen atoms in total. The standard InChI is InChI=1S/C16H15NO2S.C15H14BrNS.C13H14N2O8.C13H20N2O2.C9H14N2.C6H13N.C5H10.2CH3.Fe/c18-16(19)10-5-11-17-12-6-1-3-8-14(12)20-15-9-4-2-7-13(15)17;16-10-5-11-17-12-6-1-3-8-14(12)18-15-9-4-2-7-13(15)17;16-8-4-5-9(17)14(8)22-12(20)2-1-3-13(21)23-15-10(18)6-7-11(15)19;1-14(2)11-6-8-12(9-7-11)15(3)10-4-5-13(16)17;1-10-8-4-6-9(7-5-8)11(2)3;7-5-6-3-1-2-4-6;1-2-4-5-3-1;;;/h1-4,6-9H,5,10-11H2,(H,18,19);1-4,6-9H,5,10-11H2;1-7H2;6-9H,4-5,10H2,1-3H3,(H,16,17);4-7,10H,1-3H3;6H,1-5,7H2;1-5H2;2*1H3;/q;;;;;;;2*-1;+2. The Hall–Kier alpha value is -8.06. The van der Waals surface area contributed by atoms with Gasteiger partial charge < -0.3 is 70.3 Å². The number of carboxylic acid groups (broad SMARTS) is 2. The van der Waals surface area contributed by atoms with Crippen LogP contribution in [0.2, 0.25) is 0 Å². The molecule has 2 saturated heterocycles. The molecule has 4 fully saturated rings. The SMILES string of the molecule is BrCCCN1c2ccccc2Sc2ccccc21.C1CCCC1.CN(C)c1ccc(N(C)CCCC(=O)O)cc1.CNc1ccc(N(C)C)cc1.NCC1CCCC1.O=C(CCCC(=O)ON1C(=O)CCC1=O)ON1C(=O)CCC1=O.O=C(O)CCCN1c2ccccc2Sc2ccccc21.[CH3-].[CH3-].[Fe+2]. The second-order valence-electron chi connectivity index (χ2n) is 25.0. The first kappa shape index (κ1) is 90.2. The Bertz CT molecular complexity index is 3440. The Morgan fingerprint density at radius 2 is 0.827 bits per heavy atom. The van der Waals surface area contributed by atoms with Crippen LogP contribution in [0.5, 0.6) is 0 Å². The fourth-order valence-electron chi connectivity index (χ4n) is 11.3. The Morgan fingerprint density at radius 1 is 0.490 bits per heavy atom. The number of aliphatic carboxylic acids is 2. The predicted molar refractivity (Wildman–Crippen MR) is 420 cm³/mol. The van der Waals surface area contributed by atoms with E-state index in [1.54, 1.807) is 11.8 Å². The van der Waals surface area contributed by atoms with Gasteiger partial charge in [0.2, 0.25) is 0 Å².